The monoisotopic (exact) mass is 511 g/mol. The first-order valence-electron chi connectivity index (χ1n) is 16.5. The van der Waals surface area contributed by atoms with Crippen molar-refractivity contribution in [2.24, 2.45) is 46.3 Å². The van der Waals surface area contributed by atoms with Gasteiger partial charge in [0.15, 0.2) is 5.79 Å². The van der Waals surface area contributed by atoms with Gasteiger partial charge in [0.1, 0.15) is 0 Å². The summed E-state index contributed by atoms with van der Waals surface area (Å²) in [7, 11) is 0. The van der Waals surface area contributed by atoms with Gasteiger partial charge in [-0.3, -0.25) is 0 Å². The van der Waals surface area contributed by atoms with Crippen LogP contribution in [-0.4, -0.2) is 43.0 Å². The molecule has 0 N–H and O–H groups in total. The number of hydrogen-bond donors (Lipinski definition) is 0. The van der Waals surface area contributed by atoms with Crippen LogP contribution in [0.1, 0.15) is 118 Å². The second-order valence-electron chi connectivity index (χ2n) is 15.4. The van der Waals surface area contributed by atoms with Crippen molar-refractivity contribution in [1.29, 1.82) is 0 Å². The van der Waals surface area contributed by atoms with Gasteiger partial charge in [-0.2, -0.15) is 0 Å². The van der Waals surface area contributed by atoms with Crippen molar-refractivity contribution in [1.82, 2.24) is 4.90 Å². The van der Waals surface area contributed by atoms with Crippen molar-refractivity contribution in [3.8, 4) is 0 Å². The first kappa shape index (κ1) is 26.8. The molecule has 0 bridgehead atoms. The van der Waals surface area contributed by atoms with Gasteiger partial charge in [-0.05, 0) is 111 Å². The van der Waals surface area contributed by atoms with Crippen molar-refractivity contribution in [3.05, 3.63) is 11.6 Å². The zero-order valence-electron chi connectivity index (χ0n) is 24.9. The summed E-state index contributed by atoms with van der Waals surface area (Å²) in [5.74, 6) is 5.10. The highest BCUT2D eigenvalue weighted by atomic mass is 16.7. The Morgan fingerprint density at radius 1 is 0.973 bits per heavy atom. The molecule has 2 unspecified atom stereocenters. The molecule has 3 heteroatoms. The Morgan fingerprint density at radius 3 is 2.57 bits per heavy atom. The fourth-order valence-corrected chi connectivity index (χ4v) is 10.8. The lowest BCUT2D eigenvalue weighted by Gasteiger charge is -2.59. The quantitative estimate of drug-likeness (QED) is 0.321. The highest BCUT2D eigenvalue weighted by molar-refractivity contribution is 5.27. The number of allylic oxidation sites excluding steroid dienone is 1. The molecule has 9 atom stereocenters. The maximum absolute atomic E-state index is 6.75. The molecular formula is C34H57NO2. The third kappa shape index (κ3) is 4.80. The van der Waals surface area contributed by atoms with E-state index in [1.807, 2.05) is 0 Å². The maximum Gasteiger partial charge on any atom is 0.172 e. The van der Waals surface area contributed by atoms with Gasteiger partial charge >= 0.3 is 0 Å². The standard InChI is InChI=1S/C34H57NO2/c1-24(2)9-8-10-25(3)29-13-14-30-28-12-11-26-21-34(36-23-27(37-34)22-35-19-6-7-20-35)18-17-32(26,4)31(28)15-16-33(29,30)5/h11,24-25,27-31H,6-10,12-23H2,1-5H3/t25-,27?,28+,29-,30+,31+,32+,33-,34?/m1/s1. The largest absolute Gasteiger partial charge is 0.347 e. The second-order valence-corrected chi connectivity index (χ2v) is 15.4. The van der Waals surface area contributed by atoms with Crippen LogP contribution in [0.15, 0.2) is 11.6 Å². The van der Waals surface area contributed by atoms with E-state index in [2.05, 4.69) is 45.6 Å². The fourth-order valence-electron chi connectivity index (χ4n) is 10.8. The minimum absolute atomic E-state index is 0.271. The van der Waals surface area contributed by atoms with Crippen LogP contribution in [0.3, 0.4) is 0 Å². The van der Waals surface area contributed by atoms with Crippen LogP contribution >= 0.6 is 0 Å². The van der Waals surface area contributed by atoms with Crippen LogP contribution in [0, 0.1) is 46.3 Å². The lowest BCUT2D eigenvalue weighted by Crippen LogP contribution is -2.52. The van der Waals surface area contributed by atoms with Crippen molar-refractivity contribution < 1.29 is 9.47 Å². The Morgan fingerprint density at radius 2 is 1.78 bits per heavy atom. The van der Waals surface area contributed by atoms with Crippen LogP contribution in [-0.2, 0) is 9.47 Å². The van der Waals surface area contributed by atoms with Gasteiger partial charge < -0.3 is 14.4 Å². The first-order valence-corrected chi connectivity index (χ1v) is 16.5. The molecule has 0 radical (unpaired) electrons. The topological polar surface area (TPSA) is 21.7 Å². The van der Waals surface area contributed by atoms with Crippen LogP contribution in [0.5, 0.6) is 0 Å². The summed E-state index contributed by atoms with van der Waals surface area (Å²) in [6.45, 7) is 17.1. The average Bonchev–Trinajstić information content (AvgIpc) is 3.59. The molecule has 6 aliphatic rings. The molecule has 6 rings (SSSR count). The lowest BCUT2D eigenvalue weighted by molar-refractivity contribution is -0.195. The van der Waals surface area contributed by atoms with E-state index in [4.69, 9.17) is 9.47 Å². The predicted molar refractivity (Wildman–Crippen MR) is 152 cm³/mol. The normalized spacial score (nSPS) is 46.6. The molecule has 210 valence electrons. The minimum Gasteiger partial charge on any atom is -0.347 e. The average molecular weight is 512 g/mol. The van der Waals surface area contributed by atoms with Crippen LogP contribution in [0.2, 0.25) is 0 Å². The Kier molecular flexibility index (Phi) is 7.41. The Bertz CT molecular complexity index is 847. The van der Waals surface area contributed by atoms with Crippen LogP contribution in [0.4, 0.5) is 0 Å². The molecule has 2 saturated heterocycles. The van der Waals surface area contributed by atoms with Gasteiger partial charge in [-0.15, -0.1) is 0 Å². The number of ether oxygens (including phenoxy) is 2. The number of likely N-dealkylation sites (tertiary alicyclic amines) is 1. The molecule has 37 heavy (non-hydrogen) atoms. The van der Waals surface area contributed by atoms with Gasteiger partial charge in [-0.25, -0.2) is 0 Å². The Balaban J connectivity index is 1.12. The van der Waals surface area contributed by atoms with E-state index >= 15 is 0 Å². The summed E-state index contributed by atoms with van der Waals surface area (Å²) in [6, 6.07) is 0. The van der Waals surface area contributed by atoms with Gasteiger partial charge in [0.05, 0.1) is 12.7 Å². The van der Waals surface area contributed by atoms with E-state index in [-0.39, 0.29) is 11.9 Å². The molecule has 2 aliphatic heterocycles. The fraction of sp³-hybridized carbons (Fsp3) is 0.941. The molecule has 3 nitrogen and oxygen atoms in total. The van der Waals surface area contributed by atoms with Crippen molar-refractivity contribution in [2.45, 2.75) is 130 Å². The summed E-state index contributed by atoms with van der Waals surface area (Å²) in [5, 5.41) is 0. The molecule has 1 spiro atoms. The van der Waals surface area contributed by atoms with Gasteiger partial charge in [0.2, 0.25) is 0 Å². The van der Waals surface area contributed by atoms with Gasteiger partial charge in [0.25, 0.3) is 0 Å². The first-order chi connectivity index (χ1) is 17.7. The molecular weight excluding hydrogens is 454 g/mol. The maximum atomic E-state index is 6.75. The Hall–Kier alpha value is -0.380. The summed E-state index contributed by atoms with van der Waals surface area (Å²) < 4.78 is 13.3. The summed E-state index contributed by atoms with van der Waals surface area (Å²) >= 11 is 0. The highest BCUT2D eigenvalue weighted by Gasteiger charge is 2.61. The van der Waals surface area contributed by atoms with E-state index in [0.717, 1.165) is 61.5 Å². The Labute approximate surface area is 228 Å². The number of rotatable bonds is 7. The van der Waals surface area contributed by atoms with Crippen molar-refractivity contribution in [2.75, 3.05) is 26.2 Å². The van der Waals surface area contributed by atoms with E-state index in [0.29, 0.717) is 10.8 Å². The second kappa shape index (κ2) is 10.2. The molecule has 0 amide bonds. The molecule has 4 aliphatic carbocycles. The SMILES string of the molecule is CC(C)CCC[C@@H](C)[C@H]1CC[C@H]2[C@@H]3CC=C4CC5(CC[C@]4(C)[C@H]3CC[C@]12C)OCC(CN1CCCC1)O5. The molecule has 5 fully saturated rings. The third-order valence-electron chi connectivity index (χ3n) is 12.9. The van der Waals surface area contributed by atoms with Gasteiger partial charge in [-0.1, -0.05) is 65.5 Å². The highest BCUT2D eigenvalue weighted by Crippen LogP contribution is 2.68. The van der Waals surface area contributed by atoms with E-state index in [1.165, 1.54) is 83.7 Å². The van der Waals surface area contributed by atoms with Crippen molar-refractivity contribution >= 4 is 0 Å². The van der Waals surface area contributed by atoms with Crippen molar-refractivity contribution in [3.63, 3.8) is 0 Å². The summed E-state index contributed by atoms with van der Waals surface area (Å²) in [4.78, 5) is 2.59. The zero-order chi connectivity index (χ0) is 25.8. The minimum atomic E-state index is -0.324. The zero-order valence-corrected chi connectivity index (χ0v) is 24.9. The van der Waals surface area contributed by atoms with E-state index in [1.54, 1.807) is 5.57 Å². The molecule has 0 aromatic heterocycles. The summed E-state index contributed by atoms with van der Waals surface area (Å²) in [5.41, 5.74) is 2.65. The molecule has 2 heterocycles. The number of fused-ring (bicyclic) bond motifs is 5. The smallest absolute Gasteiger partial charge is 0.172 e. The van der Waals surface area contributed by atoms with E-state index < -0.39 is 0 Å². The molecule has 0 aromatic carbocycles. The third-order valence-corrected chi connectivity index (χ3v) is 12.9. The number of hydrogen-bond acceptors (Lipinski definition) is 3. The van der Waals surface area contributed by atoms with E-state index in [9.17, 15) is 0 Å². The molecule has 0 aromatic rings. The lowest BCUT2D eigenvalue weighted by atomic mass is 9.46. The van der Waals surface area contributed by atoms with Gasteiger partial charge in [0, 0.05) is 19.4 Å². The number of nitrogens with zero attached hydrogens (tertiary/aromatic N) is 1. The summed E-state index contributed by atoms with van der Waals surface area (Å²) in [6.07, 6.45) is 20.6. The molecule has 3 saturated carbocycles. The van der Waals surface area contributed by atoms with Crippen LogP contribution < -0.4 is 0 Å². The van der Waals surface area contributed by atoms with Crippen LogP contribution in [0.25, 0.3) is 0 Å². The predicted octanol–water partition coefficient (Wildman–Crippen LogP) is 8.24.